The molecule has 0 saturated carbocycles. The van der Waals surface area contributed by atoms with Crippen molar-refractivity contribution in [3.63, 3.8) is 0 Å². The molecule has 0 fully saturated rings. The Morgan fingerprint density at radius 1 is 1.24 bits per heavy atom. The molecule has 3 nitrogen and oxygen atoms in total. The Morgan fingerprint density at radius 2 is 2.08 bits per heavy atom. The van der Waals surface area contributed by atoms with E-state index in [9.17, 15) is 4.79 Å². The lowest BCUT2D eigenvalue weighted by molar-refractivity contribution is 0.0709. The average molecular weight is 334 g/mol. The minimum absolute atomic E-state index is 0.162. The van der Waals surface area contributed by atoms with Crippen LogP contribution in [0.2, 0.25) is 0 Å². The molecule has 0 radical (unpaired) electrons. The topological polar surface area (TPSA) is 33.2 Å². The smallest absolute Gasteiger partial charge is 0.254 e. The highest BCUT2D eigenvalue weighted by Crippen LogP contribution is 2.30. The Hall–Kier alpha value is -2.42. The molecule has 0 N–H and O–H groups in total. The van der Waals surface area contributed by atoms with Crippen LogP contribution in [0.15, 0.2) is 42.5 Å². The molecule has 2 aromatic rings. The first-order valence-corrected chi connectivity index (χ1v) is 9.22. The van der Waals surface area contributed by atoms with Gasteiger partial charge >= 0.3 is 0 Å². The van der Waals surface area contributed by atoms with Crippen LogP contribution in [0.25, 0.3) is 17.3 Å². The van der Waals surface area contributed by atoms with E-state index in [1.807, 2.05) is 35.2 Å². The van der Waals surface area contributed by atoms with E-state index in [-0.39, 0.29) is 11.9 Å². The van der Waals surface area contributed by atoms with E-state index in [1.54, 1.807) is 0 Å². The molecule has 1 unspecified atom stereocenters. The maximum atomic E-state index is 12.6. The molecule has 0 saturated heterocycles. The largest absolute Gasteiger partial charge is 0.332 e. The Morgan fingerprint density at radius 3 is 2.84 bits per heavy atom. The molecule has 1 aromatic heterocycles. The van der Waals surface area contributed by atoms with E-state index in [1.165, 1.54) is 0 Å². The van der Waals surface area contributed by atoms with Crippen LogP contribution >= 0.6 is 0 Å². The van der Waals surface area contributed by atoms with Crippen LogP contribution in [-0.4, -0.2) is 21.8 Å². The number of amides is 1. The van der Waals surface area contributed by atoms with Crippen molar-refractivity contribution in [1.29, 1.82) is 0 Å². The van der Waals surface area contributed by atoms with Crippen molar-refractivity contribution in [2.24, 2.45) is 0 Å². The minimum Gasteiger partial charge on any atom is -0.332 e. The molecule has 1 amide bonds. The lowest BCUT2D eigenvalue weighted by Gasteiger charge is -2.23. The normalized spacial score (nSPS) is 15.0. The number of carbonyl (C=O) groups is 1. The van der Waals surface area contributed by atoms with Gasteiger partial charge in [-0.2, -0.15) is 0 Å². The summed E-state index contributed by atoms with van der Waals surface area (Å²) in [5.74, 6) is 0.162. The van der Waals surface area contributed by atoms with Crippen molar-refractivity contribution in [2.75, 3.05) is 0 Å². The number of allylic oxidation sites excluding steroid dienone is 1. The first kappa shape index (κ1) is 17.4. The summed E-state index contributed by atoms with van der Waals surface area (Å²) in [5.41, 5.74) is 4.95. The molecular formula is C22H26N2O. The highest BCUT2D eigenvalue weighted by atomic mass is 16.2. The van der Waals surface area contributed by atoms with E-state index in [0.717, 1.165) is 47.3 Å². The monoisotopic (exact) mass is 334 g/mol. The standard InChI is InChI=1S/C22H26N2O/c1-4-6-9-19-10-7-11-21(23-19)17-12-13-20-18(14-17)15-24(22(20)25)16(3)8-5-2/h6-7,9-14,16H,4-5,8,15H2,1-3H3/b9-6+. The van der Waals surface area contributed by atoms with Crippen molar-refractivity contribution in [2.45, 2.75) is 52.6 Å². The Kier molecular flexibility index (Phi) is 5.32. The molecule has 130 valence electrons. The molecule has 0 spiro atoms. The fraction of sp³-hybridized carbons (Fsp3) is 0.364. The summed E-state index contributed by atoms with van der Waals surface area (Å²) in [5, 5.41) is 0. The Labute approximate surface area is 150 Å². The van der Waals surface area contributed by atoms with Gasteiger partial charge in [0.15, 0.2) is 0 Å². The molecule has 1 aliphatic rings. The van der Waals surface area contributed by atoms with Gasteiger partial charge in [-0.25, -0.2) is 4.98 Å². The van der Waals surface area contributed by atoms with E-state index in [0.29, 0.717) is 6.54 Å². The SMILES string of the molecule is CC/C=C/c1cccc(-c2ccc3c(c2)CN(C(C)CCC)C3=O)n1. The van der Waals surface area contributed by atoms with Crippen molar-refractivity contribution >= 4 is 12.0 Å². The van der Waals surface area contributed by atoms with Crippen LogP contribution < -0.4 is 0 Å². The van der Waals surface area contributed by atoms with Gasteiger partial charge in [-0.15, -0.1) is 0 Å². The summed E-state index contributed by atoms with van der Waals surface area (Å²) in [6, 6.07) is 12.5. The van der Waals surface area contributed by atoms with Gasteiger partial charge in [0, 0.05) is 23.7 Å². The highest BCUT2D eigenvalue weighted by molar-refractivity contribution is 5.99. The second-order valence-corrected chi connectivity index (χ2v) is 6.70. The average Bonchev–Trinajstić information content (AvgIpc) is 2.97. The first-order valence-electron chi connectivity index (χ1n) is 9.22. The molecule has 1 atom stereocenters. The Bertz CT molecular complexity index is 794. The third kappa shape index (κ3) is 3.65. The lowest BCUT2D eigenvalue weighted by Crippen LogP contribution is -2.33. The van der Waals surface area contributed by atoms with E-state index >= 15 is 0 Å². The molecule has 25 heavy (non-hydrogen) atoms. The zero-order valence-corrected chi connectivity index (χ0v) is 15.3. The van der Waals surface area contributed by atoms with Gasteiger partial charge in [-0.05, 0) is 55.7 Å². The lowest BCUT2D eigenvalue weighted by atomic mass is 10.0. The van der Waals surface area contributed by atoms with E-state index in [4.69, 9.17) is 4.98 Å². The predicted octanol–water partition coefficient (Wildman–Crippen LogP) is 5.32. The number of nitrogens with zero attached hydrogens (tertiary/aromatic N) is 2. The maximum Gasteiger partial charge on any atom is 0.254 e. The molecule has 3 rings (SSSR count). The highest BCUT2D eigenvalue weighted by Gasteiger charge is 2.30. The summed E-state index contributed by atoms with van der Waals surface area (Å²) >= 11 is 0. The van der Waals surface area contributed by atoms with E-state index in [2.05, 4.69) is 39.0 Å². The fourth-order valence-electron chi connectivity index (χ4n) is 3.38. The van der Waals surface area contributed by atoms with Crippen molar-refractivity contribution in [1.82, 2.24) is 9.88 Å². The molecule has 1 aliphatic heterocycles. The summed E-state index contributed by atoms with van der Waals surface area (Å²) in [7, 11) is 0. The quantitative estimate of drug-likeness (QED) is 0.716. The Balaban J connectivity index is 1.88. The summed E-state index contributed by atoms with van der Waals surface area (Å²) in [6.45, 7) is 7.12. The molecule has 1 aromatic carbocycles. The number of carbonyl (C=O) groups excluding carboxylic acids is 1. The van der Waals surface area contributed by atoms with Gasteiger partial charge < -0.3 is 4.90 Å². The van der Waals surface area contributed by atoms with E-state index < -0.39 is 0 Å². The van der Waals surface area contributed by atoms with Crippen LogP contribution in [0.5, 0.6) is 0 Å². The van der Waals surface area contributed by atoms with Crippen molar-refractivity contribution < 1.29 is 4.79 Å². The van der Waals surface area contributed by atoms with Gasteiger partial charge in [0.25, 0.3) is 5.91 Å². The summed E-state index contributed by atoms with van der Waals surface area (Å²) in [4.78, 5) is 19.3. The summed E-state index contributed by atoms with van der Waals surface area (Å²) in [6.07, 6.45) is 7.29. The number of rotatable bonds is 6. The van der Waals surface area contributed by atoms with Crippen molar-refractivity contribution in [3.05, 3.63) is 59.3 Å². The maximum absolute atomic E-state index is 12.6. The number of benzene rings is 1. The zero-order valence-electron chi connectivity index (χ0n) is 15.3. The van der Waals surface area contributed by atoms with Gasteiger partial charge in [-0.3, -0.25) is 4.79 Å². The second-order valence-electron chi connectivity index (χ2n) is 6.70. The van der Waals surface area contributed by atoms with Crippen molar-refractivity contribution in [3.8, 4) is 11.3 Å². The number of hydrogen-bond donors (Lipinski definition) is 0. The molecule has 2 heterocycles. The van der Waals surface area contributed by atoms with Gasteiger partial charge in [0.05, 0.1) is 11.4 Å². The van der Waals surface area contributed by atoms with Gasteiger partial charge in [-0.1, -0.05) is 38.5 Å². The van der Waals surface area contributed by atoms with Crippen LogP contribution in [0.1, 0.15) is 61.6 Å². The second kappa shape index (κ2) is 7.64. The van der Waals surface area contributed by atoms with Crippen LogP contribution in [0, 0.1) is 0 Å². The third-order valence-corrected chi connectivity index (χ3v) is 4.77. The number of hydrogen-bond acceptors (Lipinski definition) is 2. The predicted molar refractivity (Wildman–Crippen MR) is 103 cm³/mol. The zero-order chi connectivity index (χ0) is 17.8. The minimum atomic E-state index is 0.162. The first-order chi connectivity index (χ1) is 12.1. The fourth-order valence-corrected chi connectivity index (χ4v) is 3.38. The van der Waals surface area contributed by atoms with Crippen LogP contribution in [-0.2, 0) is 6.54 Å². The molecule has 3 heteroatoms. The number of pyridine rings is 1. The van der Waals surface area contributed by atoms with Crippen LogP contribution in [0.3, 0.4) is 0 Å². The van der Waals surface area contributed by atoms with Gasteiger partial charge in [0.1, 0.15) is 0 Å². The third-order valence-electron chi connectivity index (χ3n) is 4.77. The molecule has 0 aliphatic carbocycles. The summed E-state index contributed by atoms with van der Waals surface area (Å²) < 4.78 is 0. The molecule has 0 bridgehead atoms. The number of aromatic nitrogens is 1. The molecular weight excluding hydrogens is 308 g/mol. The number of fused-ring (bicyclic) bond motifs is 1. The van der Waals surface area contributed by atoms with Crippen LogP contribution in [0.4, 0.5) is 0 Å². The van der Waals surface area contributed by atoms with Gasteiger partial charge in [0.2, 0.25) is 0 Å².